The van der Waals surface area contributed by atoms with Crippen LogP contribution in [0.2, 0.25) is 0 Å². The van der Waals surface area contributed by atoms with Gasteiger partial charge in [-0.3, -0.25) is 14.4 Å². The predicted octanol–water partition coefficient (Wildman–Crippen LogP) is 0.274. The van der Waals surface area contributed by atoms with E-state index < -0.39 is 11.4 Å². The summed E-state index contributed by atoms with van der Waals surface area (Å²) in [5.74, 6) is -1.22. The Morgan fingerprint density at radius 3 is 2.58 bits per heavy atom. The summed E-state index contributed by atoms with van der Waals surface area (Å²) in [5.41, 5.74) is -0.784. The average molecular weight is 268 g/mol. The van der Waals surface area contributed by atoms with Crippen LogP contribution < -0.4 is 10.6 Å². The summed E-state index contributed by atoms with van der Waals surface area (Å²) < 4.78 is 0. The second-order valence-electron chi connectivity index (χ2n) is 5.55. The highest BCUT2D eigenvalue weighted by atomic mass is 16.4. The Morgan fingerprint density at radius 2 is 2.05 bits per heavy atom. The first-order chi connectivity index (χ1) is 9.03. The fraction of sp³-hybridized carbons (Fsp3) is 0.769. The average Bonchev–Trinajstić information content (AvgIpc) is 2.87. The minimum absolute atomic E-state index is 0.0261. The second-order valence-corrected chi connectivity index (χ2v) is 5.55. The number of aliphatic carboxylic acids is 1. The summed E-state index contributed by atoms with van der Waals surface area (Å²) >= 11 is 0. The van der Waals surface area contributed by atoms with E-state index in [-0.39, 0.29) is 24.3 Å². The first-order valence-electron chi connectivity index (χ1n) is 6.81. The topological polar surface area (TPSA) is 95.5 Å². The molecule has 2 aliphatic rings. The lowest BCUT2D eigenvalue weighted by molar-refractivity contribution is -0.148. The number of rotatable bonds is 4. The molecule has 6 heteroatoms. The number of amides is 2. The number of carbonyl (C=O) groups is 3. The molecule has 0 spiro atoms. The Balaban J connectivity index is 1.85. The SMILES string of the molecule is O=C1CCC(C(=O)NCC2(C(=O)O)CCCC2)CN1. The summed E-state index contributed by atoms with van der Waals surface area (Å²) in [6, 6.07) is 0. The third-order valence-corrected chi connectivity index (χ3v) is 4.25. The third kappa shape index (κ3) is 3.05. The lowest BCUT2D eigenvalue weighted by atomic mass is 9.86. The molecule has 0 aromatic rings. The van der Waals surface area contributed by atoms with E-state index in [1.807, 2.05) is 0 Å². The van der Waals surface area contributed by atoms with Crippen LogP contribution in [-0.4, -0.2) is 36.0 Å². The van der Waals surface area contributed by atoms with Crippen LogP contribution in [0.15, 0.2) is 0 Å². The Morgan fingerprint density at radius 1 is 1.37 bits per heavy atom. The zero-order valence-electron chi connectivity index (χ0n) is 10.9. The minimum atomic E-state index is -0.817. The van der Waals surface area contributed by atoms with Crippen LogP contribution in [0.1, 0.15) is 38.5 Å². The Kier molecular flexibility index (Phi) is 4.07. The van der Waals surface area contributed by atoms with E-state index in [0.29, 0.717) is 32.2 Å². The first-order valence-corrected chi connectivity index (χ1v) is 6.81. The maximum absolute atomic E-state index is 12.0. The molecular formula is C13H20N2O4. The van der Waals surface area contributed by atoms with Crippen LogP contribution >= 0.6 is 0 Å². The highest BCUT2D eigenvalue weighted by Gasteiger charge is 2.41. The van der Waals surface area contributed by atoms with Gasteiger partial charge >= 0.3 is 5.97 Å². The lowest BCUT2D eigenvalue weighted by Gasteiger charge is -2.27. The number of hydrogen-bond acceptors (Lipinski definition) is 3. The lowest BCUT2D eigenvalue weighted by Crippen LogP contribution is -2.47. The molecular weight excluding hydrogens is 248 g/mol. The molecule has 1 aliphatic heterocycles. The van der Waals surface area contributed by atoms with Gasteiger partial charge in [0.05, 0.1) is 11.3 Å². The van der Waals surface area contributed by atoms with Crippen molar-refractivity contribution in [1.82, 2.24) is 10.6 Å². The second kappa shape index (κ2) is 5.59. The Labute approximate surface area is 111 Å². The highest BCUT2D eigenvalue weighted by molar-refractivity contribution is 5.84. The van der Waals surface area contributed by atoms with Gasteiger partial charge in [-0.25, -0.2) is 0 Å². The molecule has 19 heavy (non-hydrogen) atoms. The van der Waals surface area contributed by atoms with Crippen molar-refractivity contribution >= 4 is 17.8 Å². The summed E-state index contributed by atoms with van der Waals surface area (Å²) in [6.45, 7) is 0.552. The van der Waals surface area contributed by atoms with Gasteiger partial charge in [0.1, 0.15) is 0 Å². The molecule has 1 atom stereocenters. The summed E-state index contributed by atoms with van der Waals surface area (Å²) in [6.07, 6.45) is 3.97. The van der Waals surface area contributed by atoms with Crippen molar-refractivity contribution < 1.29 is 19.5 Å². The monoisotopic (exact) mass is 268 g/mol. The molecule has 0 bridgehead atoms. The molecule has 3 N–H and O–H groups in total. The summed E-state index contributed by atoms with van der Waals surface area (Å²) in [5, 5.41) is 14.7. The van der Waals surface area contributed by atoms with Gasteiger partial charge in [-0.15, -0.1) is 0 Å². The van der Waals surface area contributed by atoms with Gasteiger partial charge < -0.3 is 15.7 Å². The minimum Gasteiger partial charge on any atom is -0.481 e. The molecule has 2 amide bonds. The summed E-state index contributed by atoms with van der Waals surface area (Å²) in [4.78, 5) is 34.3. The van der Waals surface area contributed by atoms with E-state index in [1.54, 1.807) is 0 Å². The van der Waals surface area contributed by atoms with Gasteiger partial charge in [-0.05, 0) is 19.3 Å². The van der Waals surface area contributed by atoms with E-state index in [1.165, 1.54) is 0 Å². The smallest absolute Gasteiger partial charge is 0.311 e. The Bertz CT molecular complexity index is 378. The van der Waals surface area contributed by atoms with Gasteiger partial charge in [0.15, 0.2) is 0 Å². The van der Waals surface area contributed by atoms with Crippen molar-refractivity contribution in [3.8, 4) is 0 Å². The van der Waals surface area contributed by atoms with Crippen molar-refractivity contribution in [2.75, 3.05) is 13.1 Å². The first kappa shape index (κ1) is 13.8. The summed E-state index contributed by atoms with van der Waals surface area (Å²) in [7, 11) is 0. The fourth-order valence-electron chi connectivity index (χ4n) is 2.88. The van der Waals surface area contributed by atoms with Crippen LogP contribution in [0.4, 0.5) is 0 Å². The van der Waals surface area contributed by atoms with Gasteiger partial charge in [0.25, 0.3) is 0 Å². The van der Waals surface area contributed by atoms with Crippen LogP contribution in [0.5, 0.6) is 0 Å². The number of carboxylic acids is 1. The Hall–Kier alpha value is -1.59. The normalized spacial score (nSPS) is 25.7. The van der Waals surface area contributed by atoms with E-state index in [4.69, 9.17) is 0 Å². The van der Waals surface area contributed by atoms with Crippen LogP contribution in [0.25, 0.3) is 0 Å². The maximum Gasteiger partial charge on any atom is 0.311 e. The van der Waals surface area contributed by atoms with Crippen LogP contribution in [0.3, 0.4) is 0 Å². The van der Waals surface area contributed by atoms with Crippen molar-refractivity contribution in [2.45, 2.75) is 38.5 Å². The molecule has 106 valence electrons. The van der Waals surface area contributed by atoms with Crippen LogP contribution in [-0.2, 0) is 14.4 Å². The van der Waals surface area contributed by atoms with Gasteiger partial charge in [-0.1, -0.05) is 12.8 Å². The maximum atomic E-state index is 12.0. The standard InChI is InChI=1S/C13H20N2O4/c16-10-4-3-9(7-14-10)11(17)15-8-13(12(18)19)5-1-2-6-13/h9H,1-8H2,(H,14,16)(H,15,17)(H,18,19). The highest BCUT2D eigenvalue weighted by Crippen LogP contribution is 2.37. The van der Waals surface area contributed by atoms with E-state index >= 15 is 0 Å². The van der Waals surface area contributed by atoms with E-state index in [2.05, 4.69) is 10.6 Å². The fourth-order valence-corrected chi connectivity index (χ4v) is 2.88. The number of piperidine rings is 1. The van der Waals surface area contributed by atoms with Gasteiger partial charge in [0.2, 0.25) is 11.8 Å². The number of nitrogens with one attached hydrogen (secondary N) is 2. The molecule has 0 aromatic heterocycles. The van der Waals surface area contributed by atoms with Crippen molar-refractivity contribution in [3.63, 3.8) is 0 Å². The molecule has 2 fully saturated rings. The van der Waals surface area contributed by atoms with E-state index in [0.717, 1.165) is 12.8 Å². The molecule has 1 saturated carbocycles. The zero-order chi connectivity index (χ0) is 13.9. The number of carbonyl (C=O) groups excluding carboxylic acids is 2. The van der Waals surface area contributed by atoms with Crippen molar-refractivity contribution in [1.29, 1.82) is 0 Å². The zero-order valence-corrected chi connectivity index (χ0v) is 10.9. The molecule has 1 saturated heterocycles. The van der Waals surface area contributed by atoms with Crippen molar-refractivity contribution in [2.24, 2.45) is 11.3 Å². The molecule has 2 rings (SSSR count). The predicted molar refractivity (Wildman–Crippen MR) is 67.3 cm³/mol. The molecule has 6 nitrogen and oxygen atoms in total. The van der Waals surface area contributed by atoms with E-state index in [9.17, 15) is 19.5 Å². The quantitative estimate of drug-likeness (QED) is 0.682. The van der Waals surface area contributed by atoms with Gasteiger partial charge in [0, 0.05) is 19.5 Å². The molecule has 0 radical (unpaired) electrons. The van der Waals surface area contributed by atoms with Crippen LogP contribution in [0, 0.1) is 11.3 Å². The number of carboxylic acid groups (broad SMARTS) is 1. The van der Waals surface area contributed by atoms with Gasteiger partial charge in [-0.2, -0.15) is 0 Å². The molecule has 1 unspecified atom stereocenters. The third-order valence-electron chi connectivity index (χ3n) is 4.25. The molecule has 0 aromatic carbocycles. The molecule has 1 aliphatic carbocycles. The largest absolute Gasteiger partial charge is 0.481 e. The molecule has 1 heterocycles. The number of hydrogen-bond donors (Lipinski definition) is 3. The van der Waals surface area contributed by atoms with Crippen molar-refractivity contribution in [3.05, 3.63) is 0 Å².